The molecule has 0 amide bonds. The van der Waals surface area contributed by atoms with Gasteiger partial charge in [-0.25, -0.2) is 0 Å². The second-order valence-electron chi connectivity index (χ2n) is 13.9. The van der Waals surface area contributed by atoms with Crippen molar-refractivity contribution < 1.29 is 0 Å². The Hall–Kier alpha value is -7.21. The van der Waals surface area contributed by atoms with Crippen molar-refractivity contribution in [2.45, 2.75) is 6.17 Å². The van der Waals surface area contributed by atoms with E-state index in [1.807, 2.05) is 42.5 Å². The number of nitrogens with zero attached hydrogens (tertiary/aromatic N) is 2. The van der Waals surface area contributed by atoms with Gasteiger partial charge in [0.25, 0.3) is 0 Å². The molecular formula is C51H41N5. The molecule has 0 saturated carbocycles. The van der Waals surface area contributed by atoms with Crippen molar-refractivity contribution in [3.8, 4) is 44.5 Å². The molecule has 2 atom stereocenters. The molecule has 8 aromatic carbocycles. The monoisotopic (exact) mass is 723 g/mol. The molecule has 56 heavy (non-hydrogen) atoms. The highest BCUT2D eigenvalue weighted by Crippen LogP contribution is 2.50. The summed E-state index contributed by atoms with van der Waals surface area (Å²) in [6, 6.07) is 73.9. The lowest BCUT2D eigenvalue weighted by Crippen LogP contribution is -2.21. The fourth-order valence-electron chi connectivity index (χ4n) is 7.59. The van der Waals surface area contributed by atoms with Gasteiger partial charge >= 0.3 is 0 Å². The van der Waals surface area contributed by atoms with Crippen LogP contribution in [0.2, 0.25) is 0 Å². The van der Waals surface area contributed by atoms with Crippen LogP contribution in [0.1, 0.15) is 17.3 Å². The van der Waals surface area contributed by atoms with Gasteiger partial charge in [0.2, 0.25) is 0 Å². The van der Waals surface area contributed by atoms with Crippen LogP contribution in [0, 0.1) is 5.41 Å². The third-order valence-electron chi connectivity index (χ3n) is 10.3. The zero-order chi connectivity index (χ0) is 37.7. The van der Waals surface area contributed by atoms with E-state index in [2.05, 4.69) is 191 Å². The summed E-state index contributed by atoms with van der Waals surface area (Å²) in [4.78, 5) is 0. The highest BCUT2D eigenvalue weighted by atomic mass is 15.9. The molecule has 1 fully saturated rings. The molecule has 0 aliphatic carbocycles. The molecule has 3 N–H and O–H groups in total. The van der Waals surface area contributed by atoms with E-state index in [-0.39, 0.29) is 6.17 Å². The normalized spacial score (nSPS) is 14.5. The van der Waals surface area contributed by atoms with Crippen LogP contribution < -0.4 is 10.6 Å². The van der Waals surface area contributed by atoms with E-state index in [1.165, 1.54) is 5.56 Å². The highest BCUT2D eigenvalue weighted by molar-refractivity contribution is 6.06. The zero-order valence-corrected chi connectivity index (χ0v) is 30.9. The number of hydrogen-bond donors (Lipinski definition) is 3. The van der Waals surface area contributed by atoms with Crippen LogP contribution in [-0.4, -0.2) is 22.5 Å². The van der Waals surface area contributed by atoms with E-state index in [0.29, 0.717) is 12.5 Å². The summed E-state index contributed by atoms with van der Waals surface area (Å²) < 4.78 is 0. The van der Waals surface area contributed by atoms with Crippen LogP contribution in [0.15, 0.2) is 212 Å². The molecule has 0 bridgehead atoms. The first kappa shape index (κ1) is 34.6. The third kappa shape index (κ3) is 7.07. The molecule has 5 heteroatoms. The molecule has 1 aliphatic rings. The number of hydrogen-bond acceptors (Lipinski definition) is 4. The summed E-state index contributed by atoms with van der Waals surface area (Å²) in [6.45, 7) is 0.484. The highest BCUT2D eigenvalue weighted by Gasteiger charge is 2.48. The SMILES string of the molecule is N=C(c1ccccc1)N1C(c2ccccc2)[N@]1CNc1cc(-c2cccc(-c3ccccc3)c2)c(Nc2ccccc2)c(-c2ccccc2)c1-c1ccccc1. The maximum Gasteiger partial charge on any atom is 0.144 e. The summed E-state index contributed by atoms with van der Waals surface area (Å²) in [6.07, 6.45) is -0.0776. The first-order chi connectivity index (χ1) is 27.7. The fourth-order valence-corrected chi connectivity index (χ4v) is 7.59. The Bertz CT molecular complexity index is 2560. The molecule has 5 nitrogen and oxygen atoms in total. The number of rotatable bonds is 11. The van der Waals surface area contributed by atoms with Crippen LogP contribution >= 0.6 is 0 Å². The number of anilines is 3. The maximum atomic E-state index is 9.28. The topological polar surface area (TPSA) is 53.9 Å². The molecule has 270 valence electrons. The Labute approximate surface area is 328 Å². The van der Waals surface area contributed by atoms with Crippen molar-refractivity contribution in [2.24, 2.45) is 0 Å². The van der Waals surface area contributed by atoms with E-state index in [1.54, 1.807) is 0 Å². The quantitative estimate of drug-likeness (QED) is 0.0706. The Kier molecular flexibility index (Phi) is 9.65. The van der Waals surface area contributed by atoms with E-state index in [9.17, 15) is 5.41 Å². The van der Waals surface area contributed by atoms with Crippen molar-refractivity contribution in [2.75, 3.05) is 17.3 Å². The smallest absolute Gasteiger partial charge is 0.144 e. The standard InChI is InChI=1S/C51H41N5/c52-50(40-26-13-4-14-27-40)56-51(41-28-15-5-16-29-41)55(56)36-53-46-35-45(43-31-19-30-42(34-43)37-20-7-1-8-21-37)49(54-44-32-17-6-18-33-44)48(39-24-11-3-12-25-39)47(46)38-22-9-2-10-23-38/h1-35,51-54H,36H2/t51?,55-,56?/m0/s1. The first-order valence-corrected chi connectivity index (χ1v) is 19.0. The van der Waals surface area contributed by atoms with Gasteiger partial charge in [-0.05, 0) is 57.6 Å². The van der Waals surface area contributed by atoms with Gasteiger partial charge in [0.15, 0.2) is 0 Å². The van der Waals surface area contributed by atoms with E-state index in [4.69, 9.17) is 0 Å². The Morgan fingerprint density at radius 2 is 0.982 bits per heavy atom. The Morgan fingerprint density at radius 3 is 1.61 bits per heavy atom. The average Bonchev–Trinajstić information content (AvgIpc) is 4.01. The molecule has 8 aromatic rings. The predicted molar refractivity (Wildman–Crippen MR) is 233 cm³/mol. The summed E-state index contributed by atoms with van der Waals surface area (Å²) in [5.41, 5.74) is 14.0. The van der Waals surface area contributed by atoms with Crippen molar-refractivity contribution in [3.63, 3.8) is 0 Å². The second-order valence-corrected chi connectivity index (χ2v) is 13.9. The summed E-state index contributed by atoms with van der Waals surface area (Å²) in [5, 5.41) is 21.4. The van der Waals surface area contributed by atoms with Gasteiger partial charge in [-0.15, -0.1) is 0 Å². The minimum atomic E-state index is -0.0776. The van der Waals surface area contributed by atoms with Gasteiger partial charge in [0.05, 0.1) is 12.4 Å². The lowest BCUT2D eigenvalue weighted by molar-refractivity contribution is 0.424. The van der Waals surface area contributed by atoms with Crippen molar-refractivity contribution >= 4 is 22.9 Å². The molecular weight excluding hydrogens is 683 g/mol. The van der Waals surface area contributed by atoms with Gasteiger partial charge < -0.3 is 10.6 Å². The minimum absolute atomic E-state index is 0.0776. The minimum Gasteiger partial charge on any atom is -0.370 e. The van der Waals surface area contributed by atoms with Crippen molar-refractivity contribution in [1.82, 2.24) is 10.0 Å². The van der Waals surface area contributed by atoms with E-state index in [0.717, 1.165) is 67.1 Å². The Balaban J connectivity index is 1.23. The number of benzene rings is 8. The molecule has 1 aliphatic heterocycles. The van der Waals surface area contributed by atoms with Gasteiger partial charge in [-0.3, -0.25) is 10.4 Å². The summed E-state index contributed by atoms with van der Waals surface area (Å²) in [5.74, 6) is 0.468. The van der Waals surface area contributed by atoms with Gasteiger partial charge in [-0.1, -0.05) is 188 Å². The number of para-hydroxylation sites is 1. The maximum absolute atomic E-state index is 9.28. The molecule has 1 heterocycles. The zero-order valence-electron chi connectivity index (χ0n) is 30.9. The van der Waals surface area contributed by atoms with Gasteiger partial charge in [0.1, 0.15) is 12.0 Å². The van der Waals surface area contributed by atoms with Crippen LogP contribution in [0.25, 0.3) is 44.5 Å². The number of amidine groups is 1. The molecule has 0 radical (unpaired) electrons. The second kappa shape index (κ2) is 15.6. The molecule has 0 aromatic heterocycles. The summed E-state index contributed by atoms with van der Waals surface area (Å²) in [7, 11) is 0. The Morgan fingerprint density at radius 1 is 0.482 bits per heavy atom. The lowest BCUT2D eigenvalue weighted by Gasteiger charge is -2.25. The molecule has 1 saturated heterocycles. The number of nitrogens with one attached hydrogen (secondary N) is 3. The van der Waals surface area contributed by atoms with Crippen LogP contribution in [0.5, 0.6) is 0 Å². The molecule has 1 unspecified atom stereocenters. The third-order valence-corrected chi connectivity index (χ3v) is 10.3. The molecule has 0 spiro atoms. The van der Waals surface area contributed by atoms with E-state index >= 15 is 0 Å². The van der Waals surface area contributed by atoms with Crippen molar-refractivity contribution in [3.05, 3.63) is 223 Å². The van der Waals surface area contributed by atoms with Crippen LogP contribution in [0.4, 0.5) is 17.1 Å². The van der Waals surface area contributed by atoms with Crippen LogP contribution in [-0.2, 0) is 0 Å². The first-order valence-electron chi connectivity index (χ1n) is 19.0. The summed E-state index contributed by atoms with van der Waals surface area (Å²) >= 11 is 0. The largest absolute Gasteiger partial charge is 0.370 e. The molecule has 9 rings (SSSR count). The predicted octanol–water partition coefficient (Wildman–Crippen LogP) is 12.7. The van der Waals surface area contributed by atoms with Crippen LogP contribution in [0.3, 0.4) is 0 Å². The number of hydrazine groups is 1. The van der Waals surface area contributed by atoms with Crippen molar-refractivity contribution in [1.29, 1.82) is 5.41 Å². The fraction of sp³-hybridized carbons (Fsp3) is 0.0392. The lowest BCUT2D eigenvalue weighted by atomic mass is 9.86. The van der Waals surface area contributed by atoms with E-state index < -0.39 is 0 Å². The van der Waals surface area contributed by atoms with Gasteiger partial charge in [-0.2, -0.15) is 5.01 Å². The average molecular weight is 724 g/mol. The van der Waals surface area contributed by atoms with Gasteiger partial charge in [0, 0.05) is 33.6 Å².